The monoisotopic (exact) mass is 211 g/mol. The number of hydrogen-bond acceptors (Lipinski definition) is 2. The van der Waals surface area contributed by atoms with Gasteiger partial charge < -0.3 is 15.4 Å². The first-order valence-electron chi connectivity index (χ1n) is 5.68. The van der Waals surface area contributed by atoms with Gasteiger partial charge in [0.2, 0.25) is 0 Å². The molecule has 1 heterocycles. The fourth-order valence-electron chi connectivity index (χ4n) is 1.74. The van der Waals surface area contributed by atoms with Crippen LogP contribution in [-0.4, -0.2) is 38.8 Å². The normalized spacial score (nSPS) is 33.1. The largest absolute Gasteiger partial charge is 0.380 e. The second-order valence-corrected chi connectivity index (χ2v) is 5.19. The highest BCUT2D eigenvalue weighted by atomic mass is 16.5. The van der Waals surface area contributed by atoms with E-state index in [9.17, 15) is 0 Å². The Morgan fingerprint density at radius 3 is 2.60 bits per heavy atom. The van der Waals surface area contributed by atoms with Crippen molar-refractivity contribution >= 4 is 5.96 Å². The quantitative estimate of drug-likeness (QED) is 0.531. The summed E-state index contributed by atoms with van der Waals surface area (Å²) < 4.78 is 5.21. The Labute approximate surface area is 91.5 Å². The van der Waals surface area contributed by atoms with E-state index in [0.29, 0.717) is 11.5 Å². The molecular formula is C11H21N3O. The zero-order valence-corrected chi connectivity index (χ0v) is 9.84. The highest BCUT2D eigenvalue weighted by molar-refractivity contribution is 5.80. The van der Waals surface area contributed by atoms with Crippen LogP contribution in [0.15, 0.2) is 4.99 Å². The van der Waals surface area contributed by atoms with Gasteiger partial charge in [0.05, 0.1) is 13.2 Å². The fourth-order valence-corrected chi connectivity index (χ4v) is 1.74. The molecule has 4 heteroatoms. The first-order chi connectivity index (χ1) is 7.13. The van der Waals surface area contributed by atoms with E-state index in [4.69, 9.17) is 4.74 Å². The average molecular weight is 211 g/mol. The van der Waals surface area contributed by atoms with Crippen LogP contribution in [0.2, 0.25) is 0 Å². The maximum Gasteiger partial charge on any atom is 0.191 e. The van der Waals surface area contributed by atoms with E-state index in [1.54, 1.807) is 0 Å². The van der Waals surface area contributed by atoms with E-state index < -0.39 is 0 Å². The Morgan fingerprint density at radius 2 is 2.20 bits per heavy atom. The smallest absolute Gasteiger partial charge is 0.191 e. The molecule has 1 aliphatic carbocycles. The Hall–Kier alpha value is -0.770. The number of nitrogens with zero attached hydrogens (tertiary/aromatic N) is 1. The van der Waals surface area contributed by atoms with Crippen molar-refractivity contribution in [2.45, 2.75) is 26.3 Å². The van der Waals surface area contributed by atoms with Crippen LogP contribution >= 0.6 is 0 Å². The highest BCUT2D eigenvalue weighted by Crippen LogP contribution is 2.29. The van der Waals surface area contributed by atoms with Crippen LogP contribution in [-0.2, 0) is 4.74 Å². The van der Waals surface area contributed by atoms with Gasteiger partial charge in [0.25, 0.3) is 0 Å². The molecule has 2 rings (SSSR count). The lowest BCUT2D eigenvalue weighted by Crippen LogP contribution is -2.51. The van der Waals surface area contributed by atoms with Crippen LogP contribution in [0.4, 0.5) is 0 Å². The van der Waals surface area contributed by atoms with Gasteiger partial charge in [-0.25, -0.2) is 0 Å². The lowest BCUT2D eigenvalue weighted by Gasteiger charge is -2.38. The first kappa shape index (κ1) is 10.7. The van der Waals surface area contributed by atoms with Gasteiger partial charge in [-0.15, -0.1) is 0 Å². The summed E-state index contributed by atoms with van der Waals surface area (Å²) in [5.74, 6) is 1.73. The molecule has 0 spiro atoms. The fraction of sp³-hybridized carbons (Fsp3) is 0.909. The molecule has 1 aliphatic heterocycles. The minimum absolute atomic E-state index is 0.298. The van der Waals surface area contributed by atoms with Crippen molar-refractivity contribution in [2.24, 2.45) is 16.3 Å². The molecule has 86 valence electrons. The molecule has 4 nitrogen and oxygen atoms in total. The third-order valence-corrected chi connectivity index (χ3v) is 3.24. The zero-order chi connectivity index (χ0) is 10.9. The average Bonchev–Trinajstić information content (AvgIpc) is 2.86. The van der Waals surface area contributed by atoms with Crippen molar-refractivity contribution in [1.29, 1.82) is 0 Å². The number of aliphatic imine (C=N–C) groups is 1. The lowest BCUT2D eigenvalue weighted by atomic mass is 9.89. The van der Waals surface area contributed by atoms with Gasteiger partial charge in [0.1, 0.15) is 0 Å². The van der Waals surface area contributed by atoms with E-state index in [1.165, 1.54) is 6.42 Å². The van der Waals surface area contributed by atoms with Crippen molar-refractivity contribution in [2.75, 3.05) is 26.8 Å². The predicted octanol–water partition coefficient (Wildman–Crippen LogP) is 0.596. The molecule has 2 fully saturated rings. The number of rotatable bonds is 3. The summed E-state index contributed by atoms with van der Waals surface area (Å²) in [5, 5.41) is 6.77. The summed E-state index contributed by atoms with van der Waals surface area (Å²) in [5.41, 5.74) is 0.298. The molecule has 15 heavy (non-hydrogen) atoms. The number of hydrogen-bond donors (Lipinski definition) is 2. The topological polar surface area (TPSA) is 45.7 Å². The van der Waals surface area contributed by atoms with Crippen LogP contribution in [0, 0.1) is 11.3 Å². The zero-order valence-electron chi connectivity index (χ0n) is 9.84. The molecule has 2 atom stereocenters. The van der Waals surface area contributed by atoms with Gasteiger partial charge in [-0.3, -0.25) is 4.99 Å². The van der Waals surface area contributed by atoms with Gasteiger partial charge >= 0.3 is 0 Å². The van der Waals surface area contributed by atoms with Crippen molar-refractivity contribution in [1.82, 2.24) is 10.6 Å². The van der Waals surface area contributed by atoms with Gasteiger partial charge in [-0.1, -0.05) is 13.8 Å². The summed E-state index contributed by atoms with van der Waals surface area (Å²) in [6, 6.07) is 0.627. The van der Waals surface area contributed by atoms with Crippen LogP contribution in [0.25, 0.3) is 0 Å². The molecule has 1 saturated carbocycles. The molecule has 1 saturated heterocycles. The Balaban J connectivity index is 1.71. The third-order valence-electron chi connectivity index (χ3n) is 3.24. The summed E-state index contributed by atoms with van der Waals surface area (Å²) in [7, 11) is 1.82. The Kier molecular flexibility index (Phi) is 2.87. The number of guanidine groups is 1. The highest BCUT2D eigenvalue weighted by Gasteiger charge is 2.35. The van der Waals surface area contributed by atoms with Crippen LogP contribution in [0.5, 0.6) is 0 Å². The summed E-state index contributed by atoms with van der Waals surface area (Å²) in [4.78, 5) is 4.22. The SMILES string of the molecule is CN=C(NCC1(C)COC1)NC1CC1C. The maximum absolute atomic E-state index is 5.21. The van der Waals surface area contributed by atoms with Crippen LogP contribution in [0.1, 0.15) is 20.3 Å². The third kappa shape index (κ3) is 2.62. The Bertz CT molecular complexity index is 261. The predicted molar refractivity (Wildman–Crippen MR) is 61.0 cm³/mol. The Morgan fingerprint density at radius 1 is 1.53 bits per heavy atom. The minimum Gasteiger partial charge on any atom is -0.380 e. The molecule has 0 aromatic heterocycles. The van der Waals surface area contributed by atoms with E-state index in [0.717, 1.165) is 31.6 Å². The van der Waals surface area contributed by atoms with Crippen molar-refractivity contribution in [3.63, 3.8) is 0 Å². The maximum atomic E-state index is 5.21. The second-order valence-electron chi connectivity index (χ2n) is 5.19. The molecular weight excluding hydrogens is 190 g/mol. The van der Waals surface area contributed by atoms with Crippen molar-refractivity contribution in [3.8, 4) is 0 Å². The second kappa shape index (κ2) is 4.00. The van der Waals surface area contributed by atoms with Crippen molar-refractivity contribution < 1.29 is 4.74 Å². The van der Waals surface area contributed by atoms with Gasteiger partial charge in [-0.05, 0) is 12.3 Å². The van der Waals surface area contributed by atoms with Gasteiger partial charge in [0, 0.05) is 25.0 Å². The van der Waals surface area contributed by atoms with Crippen LogP contribution in [0.3, 0.4) is 0 Å². The van der Waals surface area contributed by atoms with E-state index in [-0.39, 0.29) is 0 Å². The standard InChI is InChI=1S/C11H21N3O/c1-8-4-9(8)14-10(12-3)13-5-11(2)6-15-7-11/h8-9H,4-7H2,1-3H3,(H2,12,13,14). The van der Waals surface area contributed by atoms with Crippen molar-refractivity contribution in [3.05, 3.63) is 0 Å². The molecule has 0 amide bonds. The molecule has 0 aromatic rings. The summed E-state index contributed by atoms with van der Waals surface area (Å²) in [6.07, 6.45) is 1.26. The molecule has 0 aromatic carbocycles. The molecule has 0 bridgehead atoms. The van der Waals surface area contributed by atoms with Crippen LogP contribution < -0.4 is 10.6 Å². The molecule has 0 radical (unpaired) electrons. The number of ether oxygens (including phenoxy) is 1. The summed E-state index contributed by atoms with van der Waals surface area (Å²) >= 11 is 0. The van der Waals surface area contributed by atoms with E-state index in [1.807, 2.05) is 7.05 Å². The molecule has 2 N–H and O–H groups in total. The van der Waals surface area contributed by atoms with Gasteiger partial charge in [0.15, 0.2) is 5.96 Å². The molecule has 2 aliphatic rings. The van der Waals surface area contributed by atoms with Gasteiger partial charge in [-0.2, -0.15) is 0 Å². The minimum atomic E-state index is 0.298. The number of nitrogens with one attached hydrogen (secondary N) is 2. The summed E-state index contributed by atoms with van der Waals surface area (Å²) in [6.45, 7) is 7.14. The molecule has 2 unspecified atom stereocenters. The van der Waals surface area contributed by atoms with E-state index >= 15 is 0 Å². The van der Waals surface area contributed by atoms with E-state index in [2.05, 4.69) is 29.5 Å². The first-order valence-corrected chi connectivity index (χ1v) is 5.68. The lowest BCUT2D eigenvalue weighted by molar-refractivity contribution is -0.0971.